The lowest BCUT2D eigenvalue weighted by molar-refractivity contribution is 0.0911. The van der Waals surface area contributed by atoms with E-state index in [9.17, 15) is 0 Å². The number of nitrogens with zero attached hydrogens (tertiary/aromatic N) is 2. The van der Waals surface area contributed by atoms with Gasteiger partial charge >= 0.3 is 0 Å². The van der Waals surface area contributed by atoms with Crippen LogP contribution in [0.2, 0.25) is 0 Å². The van der Waals surface area contributed by atoms with Crippen LogP contribution in [0.4, 0.5) is 0 Å². The summed E-state index contributed by atoms with van der Waals surface area (Å²) in [6.45, 7) is 6.76. The van der Waals surface area contributed by atoms with Crippen molar-refractivity contribution >= 4 is 0 Å². The Morgan fingerprint density at radius 2 is 1.59 bits per heavy atom. The SMILES string of the molecule is OCCCCN1CCC(N2CCCCC2)CC1. The number of hydrogen-bond acceptors (Lipinski definition) is 3. The fourth-order valence-electron chi connectivity index (χ4n) is 3.24. The molecule has 2 fully saturated rings. The van der Waals surface area contributed by atoms with Crippen LogP contribution in [0.25, 0.3) is 0 Å². The first-order valence-corrected chi connectivity index (χ1v) is 7.47. The van der Waals surface area contributed by atoms with Crippen LogP contribution in [-0.4, -0.2) is 60.3 Å². The highest BCUT2D eigenvalue weighted by Gasteiger charge is 2.24. The maximum absolute atomic E-state index is 8.78. The number of rotatable bonds is 5. The molecular weight excluding hydrogens is 212 g/mol. The van der Waals surface area contributed by atoms with Gasteiger partial charge in [0.25, 0.3) is 0 Å². The second kappa shape index (κ2) is 7.34. The van der Waals surface area contributed by atoms with E-state index in [1.807, 2.05) is 0 Å². The van der Waals surface area contributed by atoms with E-state index in [1.54, 1.807) is 0 Å². The summed E-state index contributed by atoms with van der Waals surface area (Å²) in [7, 11) is 0. The molecule has 2 aliphatic heterocycles. The molecule has 0 aliphatic carbocycles. The molecule has 0 atom stereocenters. The topological polar surface area (TPSA) is 26.7 Å². The zero-order valence-electron chi connectivity index (χ0n) is 11.1. The molecule has 3 heteroatoms. The average Bonchev–Trinajstić information content (AvgIpc) is 2.41. The largest absolute Gasteiger partial charge is 0.396 e. The Balaban J connectivity index is 1.63. The summed E-state index contributed by atoms with van der Waals surface area (Å²) in [6.07, 6.45) is 9.11. The van der Waals surface area contributed by atoms with Gasteiger partial charge in [0.05, 0.1) is 0 Å². The maximum Gasteiger partial charge on any atom is 0.0431 e. The van der Waals surface area contributed by atoms with Gasteiger partial charge in [-0.2, -0.15) is 0 Å². The maximum atomic E-state index is 8.78. The Hall–Kier alpha value is -0.120. The van der Waals surface area contributed by atoms with Gasteiger partial charge in [0.1, 0.15) is 0 Å². The fourth-order valence-corrected chi connectivity index (χ4v) is 3.24. The van der Waals surface area contributed by atoms with Crippen LogP contribution in [0.3, 0.4) is 0 Å². The Kier molecular flexibility index (Phi) is 5.75. The molecule has 100 valence electrons. The summed E-state index contributed by atoms with van der Waals surface area (Å²) >= 11 is 0. The summed E-state index contributed by atoms with van der Waals surface area (Å²) in [6, 6.07) is 0.865. The molecule has 2 aliphatic rings. The molecule has 2 saturated heterocycles. The van der Waals surface area contributed by atoms with E-state index in [0.717, 1.165) is 18.9 Å². The van der Waals surface area contributed by atoms with E-state index < -0.39 is 0 Å². The smallest absolute Gasteiger partial charge is 0.0431 e. The van der Waals surface area contributed by atoms with Crippen LogP contribution in [0, 0.1) is 0 Å². The number of aliphatic hydroxyl groups is 1. The molecule has 0 unspecified atom stereocenters. The molecular formula is C14H28N2O. The van der Waals surface area contributed by atoms with Gasteiger partial charge in [0.2, 0.25) is 0 Å². The highest BCUT2D eigenvalue weighted by atomic mass is 16.2. The van der Waals surface area contributed by atoms with E-state index in [1.165, 1.54) is 64.8 Å². The molecule has 2 rings (SSSR count). The van der Waals surface area contributed by atoms with Gasteiger partial charge in [-0.1, -0.05) is 6.42 Å². The molecule has 0 spiro atoms. The van der Waals surface area contributed by atoms with Gasteiger partial charge < -0.3 is 14.9 Å². The Bertz CT molecular complexity index is 196. The van der Waals surface area contributed by atoms with Crippen molar-refractivity contribution in [2.75, 3.05) is 39.3 Å². The van der Waals surface area contributed by atoms with Crippen LogP contribution < -0.4 is 0 Å². The quantitative estimate of drug-likeness (QED) is 0.741. The third-order valence-corrected chi connectivity index (χ3v) is 4.35. The van der Waals surface area contributed by atoms with Crippen molar-refractivity contribution in [1.29, 1.82) is 0 Å². The number of aliphatic hydroxyl groups excluding tert-OH is 1. The third kappa shape index (κ3) is 4.23. The van der Waals surface area contributed by atoms with Gasteiger partial charge in [0.15, 0.2) is 0 Å². The van der Waals surface area contributed by atoms with Crippen molar-refractivity contribution in [3.8, 4) is 0 Å². The molecule has 17 heavy (non-hydrogen) atoms. The molecule has 0 radical (unpaired) electrons. The van der Waals surface area contributed by atoms with Crippen LogP contribution in [0.5, 0.6) is 0 Å². The minimum absolute atomic E-state index is 0.351. The summed E-state index contributed by atoms with van der Waals surface area (Å²) in [5.41, 5.74) is 0. The number of likely N-dealkylation sites (tertiary alicyclic amines) is 2. The van der Waals surface area contributed by atoms with Crippen molar-refractivity contribution in [2.45, 2.75) is 51.0 Å². The van der Waals surface area contributed by atoms with Crippen LogP contribution in [0.1, 0.15) is 44.9 Å². The van der Waals surface area contributed by atoms with Crippen molar-refractivity contribution in [1.82, 2.24) is 9.80 Å². The molecule has 2 heterocycles. The second-order valence-corrected chi connectivity index (χ2v) is 5.60. The molecule has 0 aromatic carbocycles. The van der Waals surface area contributed by atoms with Crippen molar-refractivity contribution in [3.05, 3.63) is 0 Å². The normalized spacial score (nSPS) is 25.2. The molecule has 0 bridgehead atoms. The zero-order chi connectivity index (χ0) is 11.9. The lowest BCUT2D eigenvalue weighted by Crippen LogP contribution is -2.46. The van der Waals surface area contributed by atoms with E-state index in [0.29, 0.717) is 6.61 Å². The third-order valence-electron chi connectivity index (χ3n) is 4.35. The van der Waals surface area contributed by atoms with Gasteiger partial charge in [0, 0.05) is 12.6 Å². The summed E-state index contributed by atoms with van der Waals surface area (Å²) in [5, 5.41) is 8.78. The van der Waals surface area contributed by atoms with E-state index in [4.69, 9.17) is 5.11 Å². The zero-order valence-corrected chi connectivity index (χ0v) is 11.1. The van der Waals surface area contributed by atoms with E-state index in [2.05, 4.69) is 9.80 Å². The predicted molar refractivity (Wildman–Crippen MR) is 71.2 cm³/mol. The molecule has 1 N–H and O–H groups in total. The highest BCUT2D eigenvalue weighted by Crippen LogP contribution is 2.20. The number of piperidine rings is 2. The minimum Gasteiger partial charge on any atom is -0.396 e. The van der Waals surface area contributed by atoms with Crippen LogP contribution in [0.15, 0.2) is 0 Å². The van der Waals surface area contributed by atoms with E-state index in [-0.39, 0.29) is 0 Å². The standard InChI is InChI=1S/C14H28N2O/c17-13-5-4-8-15-11-6-14(7-12-15)16-9-2-1-3-10-16/h14,17H,1-13H2. The van der Waals surface area contributed by atoms with Gasteiger partial charge in [-0.3, -0.25) is 0 Å². The average molecular weight is 240 g/mol. The lowest BCUT2D eigenvalue weighted by Gasteiger charge is -2.40. The lowest BCUT2D eigenvalue weighted by atomic mass is 10.00. The van der Waals surface area contributed by atoms with Gasteiger partial charge in [-0.05, 0) is 71.2 Å². The van der Waals surface area contributed by atoms with Crippen LogP contribution >= 0.6 is 0 Å². The first-order chi connectivity index (χ1) is 8.40. The Morgan fingerprint density at radius 1 is 0.882 bits per heavy atom. The molecule has 3 nitrogen and oxygen atoms in total. The fraction of sp³-hybridized carbons (Fsp3) is 1.00. The highest BCUT2D eigenvalue weighted by molar-refractivity contribution is 4.81. The Morgan fingerprint density at radius 3 is 2.24 bits per heavy atom. The summed E-state index contributed by atoms with van der Waals surface area (Å²) in [4.78, 5) is 5.31. The summed E-state index contributed by atoms with van der Waals surface area (Å²) < 4.78 is 0. The van der Waals surface area contributed by atoms with Crippen LogP contribution in [-0.2, 0) is 0 Å². The van der Waals surface area contributed by atoms with Crippen molar-refractivity contribution in [2.24, 2.45) is 0 Å². The molecule has 0 saturated carbocycles. The van der Waals surface area contributed by atoms with Crippen molar-refractivity contribution < 1.29 is 5.11 Å². The number of unbranched alkanes of at least 4 members (excludes halogenated alkanes) is 1. The molecule has 0 amide bonds. The number of hydrogen-bond donors (Lipinski definition) is 1. The summed E-state index contributed by atoms with van der Waals surface area (Å²) in [5.74, 6) is 0. The van der Waals surface area contributed by atoms with Crippen molar-refractivity contribution in [3.63, 3.8) is 0 Å². The van der Waals surface area contributed by atoms with Gasteiger partial charge in [-0.25, -0.2) is 0 Å². The molecule has 0 aromatic rings. The van der Waals surface area contributed by atoms with E-state index >= 15 is 0 Å². The first kappa shape index (κ1) is 13.3. The predicted octanol–water partition coefficient (Wildman–Crippen LogP) is 1.71. The Labute approximate surface area is 106 Å². The monoisotopic (exact) mass is 240 g/mol. The minimum atomic E-state index is 0.351. The van der Waals surface area contributed by atoms with Gasteiger partial charge in [-0.15, -0.1) is 0 Å². The first-order valence-electron chi connectivity index (χ1n) is 7.47. The second-order valence-electron chi connectivity index (χ2n) is 5.60. The molecule has 0 aromatic heterocycles.